The predicted molar refractivity (Wildman–Crippen MR) is 72.5 cm³/mol. The Balaban J connectivity index is 2.23. The second kappa shape index (κ2) is 4.94. The summed E-state index contributed by atoms with van der Waals surface area (Å²) in [6.07, 6.45) is 2.05. The quantitative estimate of drug-likeness (QED) is 0.901. The molecule has 3 heteroatoms. The summed E-state index contributed by atoms with van der Waals surface area (Å²) in [5.41, 5.74) is 5.46. The van der Waals surface area contributed by atoms with E-state index in [1.807, 2.05) is 20.2 Å². The van der Waals surface area contributed by atoms with E-state index in [4.69, 9.17) is 0 Å². The van der Waals surface area contributed by atoms with Crippen LogP contribution in [-0.4, -0.2) is 14.9 Å². The molecule has 0 bridgehead atoms. The van der Waals surface area contributed by atoms with Crippen LogP contribution in [0.2, 0.25) is 0 Å². The second-order valence-corrected chi connectivity index (χ2v) is 4.99. The van der Waals surface area contributed by atoms with Gasteiger partial charge in [-0.15, -0.1) is 0 Å². The highest BCUT2D eigenvalue weighted by Crippen LogP contribution is 2.23. The molecule has 0 saturated heterocycles. The third-order valence-corrected chi connectivity index (χ3v) is 3.33. The zero-order valence-corrected chi connectivity index (χ0v) is 11.4. The van der Waals surface area contributed by atoms with Crippen LogP contribution in [0.1, 0.15) is 34.1 Å². The van der Waals surface area contributed by atoms with Gasteiger partial charge in [-0.1, -0.05) is 23.8 Å². The molecule has 0 aliphatic rings. The Hall–Kier alpha value is -1.61. The van der Waals surface area contributed by atoms with Gasteiger partial charge in [0.05, 0.1) is 11.8 Å². The highest BCUT2D eigenvalue weighted by Gasteiger charge is 2.15. The van der Waals surface area contributed by atoms with E-state index in [0.29, 0.717) is 6.42 Å². The summed E-state index contributed by atoms with van der Waals surface area (Å²) in [5.74, 6) is 0. The maximum Gasteiger partial charge on any atom is 0.0863 e. The lowest BCUT2D eigenvalue weighted by Gasteiger charge is -2.12. The van der Waals surface area contributed by atoms with Gasteiger partial charge in [-0.3, -0.25) is 4.68 Å². The van der Waals surface area contributed by atoms with Crippen LogP contribution in [0.15, 0.2) is 24.4 Å². The molecule has 0 amide bonds. The normalized spacial score (nSPS) is 12.7. The van der Waals surface area contributed by atoms with E-state index in [0.717, 1.165) is 11.3 Å². The van der Waals surface area contributed by atoms with E-state index in [1.54, 1.807) is 4.68 Å². The Morgan fingerprint density at radius 3 is 2.61 bits per heavy atom. The van der Waals surface area contributed by atoms with Crippen LogP contribution in [0.5, 0.6) is 0 Å². The second-order valence-electron chi connectivity index (χ2n) is 4.99. The summed E-state index contributed by atoms with van der Waals surface area (Å²) < 4.78 is 1.75. The van der Waals surface area contributed by atoms with Crippen LogP contribution >= 0.6 is 0 Å². The highest BCUT2D eigenvalue weighted by atomic mass is 16.3. The van der Waals surface area contributed by atoms with E-state index in [2.05, 4.69) is 37.1 Å². The molecule has 1 atom stereocenters. The third kappa shape index (κ3) is 2.62. The van der Waals surface area contributed by atoms with Gasteiger partial charge < -0.3 is 5.11 Å². The summed E-state index contributed by atoms with van der Waals surface area (Å²) in [7, 11) is 1.88. The number of hydrogen-bond acceptors (Lipinski definition) is 2. The smallest absolute Gasteiger partial charge is 0.0863 e. The Bertz CT molecular complexity index is 558. The zero-order valence-electron chi connectivity index (χ0n) is 11.4. The maximum atomic E-state index is 10.3. The van der Waals surface area contributed by atoms with Crippen molar-refractivity contribution >= 4 is 0 Å². The number of aryl methyl sites for hydroxylation is 4. The Kier molecular flexibility index (Phi) is 3.53. The summed E-state index contributed by atoms with van der Waals surface area (Å²) in [6, 6.07) is 6.35. The molecule has 3 nitrogen and oxygen atoms in total. The summed E-state index contributed by atoms with van der Waals surface area (Å²) in [4.78, 5) is 0. The minimum absolute atomic E-state index is 0.487. The topological polar surface area (TPSA) is 38.0 Å². The maximum absolute atomic E-state index is 10.3. The van der Waals surface area contributed by atoms with Crippen molar-refractivity contribution in [2.24, 2.45) is 7.05 Å². The highest BCUT2D eigenvalue weighted by molar-refractivity contribution is 5.32. The molecule has 0 aliphatic carbocycles. The molecule has 1 aromatic carbocycles. The van der Waals surface area contributed by atoms with Crippen LogP contribution in [0.3, 0.4) is 0 Å². The van der Waals surface area contributed by atoms with Gasteiger partial charge in [0.25, 0.3) is 0 Å². The van der Waals surface area contributed by atoms with Crippen molar-refractivity contribution in [2.75, 3.05) is 0 Å². The van der Waals surface area contributed by atoms with Gasteiger partial charge in [0.15, 0.2) is 0 Å². The summed E-state index contributed by atoms with van der Waals surface area (Å²) >= 11 is 0. The third-order valence-electron chi connectivity index (χ3n) is 3.33. The van der Waals surface area contributed by atoms with Gasteiger partial charge in [0, 0.05) is 25.2 Å². The SMILES string of the molecule is Cc1ccc(C)c(CC(O)c2cn(C)nc2C)c1. The van der Waals surface area contributed by atoms with E-state index in [1.165, 1.54) is 16.7 Å². The van der Waals surface area contributed by atoms with Gasteiger partial charge in [0.1, 0.15) is 0 Å². The monoisotopic (exact) mass is 244 g/mol. The average Bonchev–Trinajstić information content (AvgIpc) is 2.63. The first-order valence-electron chi connectivity index (χ1n) is 6.21. The first-order chi connectivity index (χ1) is 8.47. The van der Waals surface area contributed by atoms with Gasteiger partial charge in [-0.2, -0.15) is 5.10 Å². The summed E-state index contributed by atoms with van der Waals surface area (Å²) in [6.45, 7) is 6.09. The molecule has 1 heterocycles. The van der Waals surface area contributed by atoms with Crippen LogP contribution in [-0.2, 0) is 13.5 Å². The molecule has 0 fully saturated rings. The van der Waals surface area contributed by atoms with Crippen molar-refractivity contribution in [3.63, 3.8) is 0 Å². The lowest BCUT2D eigenvalue weighted by Crippen LogP contribution is -2.04. The molecule has 2 rings (SSSR count). The number of rotatable bonds is 3. The van der Waals surface area contributed by atoms with Gasteiger partial charge >= 0.3 is 0 Å². The molecule has 1 unspecified atom stereocenters. The van der Waals surface area contributed by atoms with E-state index in [9.17, 15) is 5.11 Å². The molecule has 2 aromatic rings. The van der Waals surface area contributed by atoms with Gasteiger partial charge in [-0.25, -0.2) is 0 Å². The lowest BCUT2D eigenvalue weighted by molar-refractivity contribution is 0.177. The molecule has 0 spiro atoms. The lowest BCUT2D eigenvalue weighted by atomic mass is 9.97. The van der Waals surface area contributed by atoms with Crippen molar-refractivity contribution in [1.29, 1.82) is 0 Å². The fourth-order valence-corrected chi connectivity index (χ4v) is 2.28. The van der Waals surface area contributed by atoms with Gasteiger partial charge in [-0.05, 0) is 31.9 Å². The predicted octanol–water partition coefficient (Wildman–Crippen LogP) is 2.62. The Labute approximate surface area is 108 Å². The number of hydrogen-bond donors (Lipinski definition) is 1. The standard InChI is InChI=1S/C15H20N2O/c1-10-5-6-11(2)13(7-10)8-15(18)14-9-17(4)16-12(14)3/h5-7,9,15,18H,8H2,1-4H3. The van der Waals surface area contributed by atoms with Crippen molar-refractivity contribution < 1.29 is 5.11 Å². The molecular weight excluding hydrogens is 224 g/mol. The fourth-order valence-electron chi connectivity index (χ4n) is 2.28. The molecule has 0 saturated carbocycles. The molecule has 1 aromatic heterocycles. The first-order valence-corrected chi connectivity index (χ1v) is 6.21. The minimum Gasteiger partial charge on any atom is -0.388 e. The number of benzene rings is 1. The Morgan fingerprint density at radius 1 is 1.28 bits per heavy atom. The number of aromatic nitrogens is 2. The van der Waals surface area contributed by atoms with Gasteiger partial charge in [0.2, 0.25) is 0 Å². The van der Waals surface area contributed by atoms with Crippen LogP contribution < -0.4 is 0 Å². The van der Waals surface area contributed by atoms with E-state index in [-0.39, 0.29) is 0 Å². The number of aliphatic hydroxyl groups excluding tert-OH is 1. The number of nitrogens with zero attached hydrogens (tertiary/aromatic N) is 2. The zero-order chi connectivity index (χ0) is 13.3. The molecule has 96 valence electrons. The molecule has 1 N–H and O–H groups in total. The fraction of sp³-hybridized carbons (Fsp3) is 0.400. The van der Waals surface area contributed by atoms with Crippen molar-refractivity contribution in [3.05, 3.63) is 52.3 Å². The number of aliphatic hydroxyl groups is 1. The average molecular weight is 244 g/mol. The first kappa shape index (κ1) is 12.8. The van der Waals surface area contributed by atoms with Crippen LogP contribution in [0.25, 0.3) is 0 Å². The molecule has 0 aliphatic heterocycles. The van der Waals surface area contributed by atoms with E-state index < -0.39 is 6.10 Å². The van der Waals surface area contributed by atoms with Crippen molar-refractivity contribution in [1.82, 2.24) is 9.78 Å². The van der Waals surface area contributed by atoms with Crippen LogP contribution in [0, 0.1) is 20.8 Å². The van der Waals surface area contributed by atoms with Crippen molar-refractivity contribution in [3.8, 4) is 0 Å². The summed E-state index contributed by atoms with van der Waals surface area (Å²) in [5, 5.41) is 14.6. The van der Waals surface area contributed by atoms with Crippen molar-refractivity contribution in [2.45, 2.75) is 33.3 Å². The molecular formula is C15H20N2O. The van der Waals surface area contributed by atoms with Crippen LogP contribution in [0.4, 0.5) is 0 Å². The largest absolute Gasteiger partial charge is 0.388 e. The minimum atomic E-state index is -0.487. The Morgan fingerprint density at radius 2 is 2.00 bits per heavy atom. The molecule has 0 radical (unpaired) electrons. The van der Waals surface area contributed by atoms with E-state index >= 15 is 0 Å². The molecule has 18 heavy (non-hydrogen) atoms.